The minimum atomic E-state index is -4.26. The summed E-state index contributed by atoms with van der Waals surface area (Å²) in [6.45, 7) is 2.91. The third kappa shape index (κ3) is 6.21. The van der Waals surface area contributed by atoms with E-state index in [-0.39, 0.29) is 33.6 Å². The van der Waals surface area contributed by atoms with Gasteiger partial charge in [0, 0.05) is 18.2 Å². The fourth-order valence-electron chi connectivity index (χ4n) is 3.25. The van der Waals surface area contributed by atoms with E-state index in [1.807, 2.05) is 0 Å². The highest BCUT2D eigenvalue weighted by molar-refractivity contribution is 7.92. The van der Waals surface area contributed by atoms with Crippen LogP contribution in [0, 0.1) is 10.1 Å². The van der Waals surface area contributed by atoms with E-state index in [1.165, 1.54) is 54.6 Å². The zero-order chi connectivity index (χ0) is 25.6. The second-order valence-electron chi connectivity index (χ2n) is 7.82. The Morgan fingerprint density at radius 2 is 1.63 bits per heavy atom. The third-order valence-electron chi connectivity index (χ3n) is 4.81. The molecule has 0 aliphatic carbocycles. The van der Waals surface area contributed by atoms with Crippen LogP contribution in [0.1, 0.15) is 24.2 Å². The van der Waals surface area contributed by atoms with Gasteiger partial charge in [-0.2, -0.15) is 0 Å². The summed E-state index contributed by atoms with van der Waals surface area (Å²) in [5.41, 5.74) is 0.0324. The molecule has 3 aromatic rings. The number of amides is 2. The molecule has 0 unspecified atom stereocenters. The number of carbonyl (C=O) groups excluding carboxylic acids is 2. The van der Waals surface area contributed by atoms with Crippen LogP contribution < -0.4 is 14.9 Å². The molecule has 3 aromatic carbocycles. The topological polar surface area (TPSA) is 139 Å². The van der Waals surface area contributed by atoms with Gasteiger partial charge in [0.25, 0.3) is 21.6 Å². The first-order valence-corrected chi connectivity index (χ1v) is 12.1. The SMILES string of the molecule is CC(C)NC(=O)c1ccccc1NC(=O)CN(c1cccc([N+](=O)[O-])c1)S(=O)(=O)c1ccccc1. The van der Waals surface area contributed by atoms with Gasteiger partial charge < -0.3 is 10.6 Å². The predicted molar refractivity (Wildman–Crippen MR) is 132 cm³/mol. The van der Waals surface area contributed by atoms with Crippen LogP contribution in [-0.2, 0) is 14.8 Å². The fraction of sp³-hybridized carbons (Fsp3) is 0.167. The van der Waals surface area contributed by atoms with Crippen LogP contribution in [-0.4, -0.2) is 37.7 Å². The lowest BCUT2D eigenvalue weighted by Gasteiger charge is -2.24. The molecule has 0 saturated carbocycles. The van der Waals surface area contributed by atoms with Gasteiger partial charge in [0.2, 0.25) is 5.91 Å². The molecule has 0 aliphatic rings. The Hall–Kier alpha value is -4.25. The summed E-state index contributed by atoms with van der Waals surface area (Å²) in [7, 11) is -4.26. The average Bonchev–Trinajstić information content (AvgIpc) is 2.83. The molecule has 10 nitrogen and oxygen atoms in total. The zero-order valence-corrected chi connectivity index (χ0v) is 19.9. The Morgan fingerprint density at radius 1 is 0.971 bits per heavy atom. The van der Waals surface area contributed by atoms with Crippen LogP contribution >= 0.6 is 0 Å². The van der Waals surface area contributed by atoms with Gasteiger partial charge in [0.15, 0.2) is 0 Å². The molecule has 0 bridgehead atoms. The van der Waals surface area contributed by atoms with Gasteiger partial charge in [-0.05, 0) is 44.2 Å². The van der Waals surface area contributed by atoms with Crippen molar-refractivity contribution in [3.63, 3.8) is 0 Å². The quantitative estimate of drug-likeness (QED) is 0.343. The van der Waals surface area contributed by atoms with Gasteiger partial charge in [-0.3, -0.25) is 24.0 Å². The summed E-state index contributed by atoms with van der Waals surface area (Å²) in [5.74, 6) is -1.14. The second kappa shape index (κ2) is 10.8. The Bertz CT molecular complexity index is 1340. The number of hydrogen-bond acceptors (Lipinski definition) is 6. The van der Waals surface area contributed by atoms with E-state index in [1.54, 1.807) is 32.0 Å². The first-order chi connectivity index (χ1) is 16.6. The van der Waals surface area contributed by atoms with Gasteiger partial charge in [0.05, 0.1) is 26.8 Å². The molecule has 11 heteroatoms. The van der Waals surface area contributed by atoms with Crippen LogP contribution in [0.25, 0.3) is 0 Å². The molecule has 0 heterocycles. The van der Waals surface area contributed by atoms with Crippen molar-refractivity contribution >= 4 is 38.9 Å². The summed E-state index contributed by atoms with van der Waals surface area (Å²) in [4.78, 5) is 36.0. The molecule has 0 fully saturated rings. The standard InChI is InChI=1S/C24H24N4O6S/c1-17(2)25-24(30)21-13-6-7-14-22(21)26-23(29)16-27(18-9-8-10-19(15-18)28(31)32)35(33,34)20-11-4-3-5-12-20/h3-15,17H,16H2,1-2H3,(H,25,30)(H,26,29). The van der Waals surface area contributed by atoms with Crippen molar-refractivity contribution in [1.29, 1.82) is 0 Å². The fourth-order valence-corrected chi connectivity index (χ4v) is 4.68. The number of rotatable bonds is 9. The number of nitrogens with zero attached hydrogens (tertiary/aromatic N) is 2. The van der Waals surface area contributed by atoms with Crippen molar-refractivity contribution in [1.82, 2.24) is 5.32 Å². The van der Waals surface area contributed by atoms with Gasteiger partial charge in [0.1, 0.15) is 6.54 Å². The molecule has 182 valence electrons. The molecule has 0 aromatic heterocycles. The first-order valence-electron chi connectivity index (χ1n) is 10.6. The summed E-state index contributed by atoms with van der Waals surface area (Å²) in [6, 6.07) is 18.6. The molecule has 0 spiro atoms. The average molecular weight is 497 g/mol. The highest BCUT2D eigenvalue weighted by atomic mass is 32.2. The molecule has 3 rings (SSSR count). The first kappa shape index (κ1) is 25.4. The molecule has 2 N–H and O–H groups in total. The number of sulfonamides is 1. The van der Waals surface area contributed by atoms with E-state index in [0.717, 1.165) is 10.4 Å². The lowest BCUT2D eigenvalue weighted by atomic mass is 10.1. The number of carbonyl (C=O) groups is 2. The van der Waals surface area contributed by atoms with E-state index >= 15 is 0 Å². The maximum Gasteiger partial charge on any atom is 0.271 e. The van der Waals surface area contributed by atoms with Crippen molar-refractivity contribution in [3.8, 4) is 0 Å². The minimum Gasteiger partial charge on any atom is -0.350 e. The van der Waals surface area contributed by atoms with Crippen molar-refractivity contribution in [2.24, 2.45) is 0 Å². The Kier molecular flexibility index (Phi) is 7.82. The van der Waals surface area contributed by atoms with Crippen molar-refractivity contribution in [3.05, 3.63) is 94.5 Å². The van der Waals surface area contributed by atoms with E-state index in [0.29, 0.717) is 0 Å². The molecule has 0 saturated heterocycles. The lowest BCUT2D eigenvalue weighted by Crippen LogP contribution is -2.38. The van der Waals surface area contributed by atoms with Crippen LogP contribution in [0.5, 0.6) is 0 Å². The maximum atomic E-state index is 13.4. The Balaban J connectivity index is 1.96. The minimum absolute atomic E-state index is 0.0518. The van der Waals surface area contributed by atoms with Gasteiger partial charge in [-0.1, -0.05) is 36.4 Å². The van der Waals surface area contributed by atoms with Crippen molar-refractivity contribution < 1.29 is 22.9 Å². The normalized spacial score (nSPS) is 11.1. The summed E-state index contributed by atoms with van der Waals surface area (Å²) in [5, 5.41) is 16.6. The van der Waals surface area contributed by atoms with Crippen LogP contribution in [0.2, 0.25) is 0 Å². The largest absolute Gasteiger partial charge is 0.350 e. The molecule has 0 atom stereocenters. The van der Waals surface area contributed by atoms with E-state index in [9.17, 15) is 28.1 Å². The summed E-state index contributed by atoms with van der Waals surface area (Å²) < 4.78 is 27.6. The summed E-state index contributed by atoms with van der Waals surface area (Å²) >= 11 is 0. The van der Waals surface area contributed by atoms with E-state index in [2.05, 4.69) is 10.6 Å². The van der Waals surface area contributed by atoms with Crippen LogP contribution in [0.4, 0.5) is 17.1 Å². The predicted octanol–water partition coefficient (Wildman–Crippen LogP) is 3.57. The zero-order valence-electron chi connectivity index (χ0n) is 19.0. The van der Waals surface area contributed by atoms with E-state index in [4.69, 9.17) is 0 Å². The number of non-ortho nitro benzene ring substituents is 1. The lowest BCUT2D eigenvalue weighted by molar-refractivity contribution is -0.384. The Morgan fingerprint density at radius 3 is 2.29 bits per heavy atom. The highest BCUT2D eigenvalue weighted by Crippen LogP contribution is 2.27. The number of nitrogens with one attached hydrogen (secondary N) is 2. The summed E-state index contributed by atoms with van der Waals surface area (Å²) in [6.07, 6.45) is 0. The maximum absolute atomic E-state index is 13.4. The van der Waals surface area contributed by atoms with Crippen molar-refractivity contribution in [2.45, 2.75) is 24.8 Å². The number of nitro groups is 1. The second-order valence-corrected chi connectivity index (χ2v) is 9.69. The third-order valence-corrected chi connectivity index (χ3v) is 6.60. The molecular weight excluding hydrogens is 472 g/mol. The number of hydrogen-bond donors (Lipinski definition) is 2. The molecule has 35 heavy (non-hydrogen) atoms. The smallest absolute Gasteiger partial charge is 0.271 e. The van der Waals surface area contributed by atoms with E-state index < -0.39 is 33.3 Å². The molecular formula is C24H24N4O6S. The van der Waals surface area contributed by atoms with Gasteiger partial charge >= 0.3 is 0 Å². The van der Waals surface area contributed by atoms with Gasteiger partial charge in [-0.25, -0.2) is 8.42 Å². The Labute approximate surface area is 202 Å². The monoisotopic (exact) mass is 496 g/mol. The molecule has 0 radical (unpaired) electrons. The van der Waals surface area contributed by atoms with Gasteiger partial charge in [-0.15, -0.1) is 0 Å². The molecule has 0 aliphatic heterocycles. The number of nitro benzene ring substituents is 1. The number of para-hydroxylation sites is 1. The number of benzene rings is 3. The van der Waals surface area contributed by atoms with Crippen LogP contribution in [0.3, 0.4) is 0 Å². The number of anilines is 2. The molecule has 2 amide bonds. The van der Waals surface area contributed by atoms with Crippen molar-refractivity contribution in [2.75, 3.05) is 16.2 Å². The van der Waals surface area contributed by atoms with Crippen LogP contribution in [0.15, 0.2) is 83.8 Å². The highest BCUT2D eigenvalue weighted by Gasteiger charge is 2.28.